The number of halogens is 1. The molecule has 0 amide bonds. The van der Waals surface area contributed by atoms with Gasteiger partial charge in [0.2, 0.25) is 0 Å². The molecule has 0 aliphatic rings. The molecule has 1 aromatic heterocycles. The summed E-state index contributed by atoms with van der Waals surface area (Å²) < 4.78 is 2.00. The molecule has 1 N–H and O–H groups in total. The first-order valence-electron chi connectivity index (χ1n) is 6.12. The predicted octanol–water partition coefficient (Wildman–Crippen LogP) is 3.17. The van der Waals surface area contributed by atoms with Crippen LogP contribution in [0.2, 0.25) is 5.02 Å². The Hall–Kier alpha value is -1.32. The molecular formula is C14H18ClN3. The number of benzene rings is 1. The van der Waals surface area contributed by atoms with Crippen LogP contribution in [0, 0.1) is 6.92 Å². The highest BCUT2D eigenvalue weighted by molar-refractivity contribution is 6.30. The summed E-state index contributed by atoms with van der Waals surface area (Å²) in [6, 6.07) is 8.15. The summed E-state index contributed by atoms with van der Waals surface area (Å²) in [5.74, 6) is 0. The van der Waals surface area contributed by atoms with E-state index in [1.54, 1.807) is 0 Å². The number of hydrogen-bond acceptors (Lipinski definition) is 2. The van der Waals surface area contributed by atoms with E-state index in [1.807, 2.05) is 36.1 Å². The number of nitrogens with one attached hydrogen (secondary N) is 1. The Balaban J connectivity index is 2.48. The van der Waals surface area contributed by atoms with Gasteiger partial charge in [0.25, 0.3) is 0 Å². The van der Waals surface area contributed by atoms with Gasteiger partial charge in [-0.3, -0.25) is 4.68 Å². The van der Waals surface area contributed by atoms with Gasteiger partial charge in [0.1, 0.15) is 0 Å². The summed E-state index contributed by atoms with van der Waals surface area (Å²) in [5, 5.41) is 8.43. The predicted molar refractivity (Wildman–Crippen MR) is 75.0 cm³/mol. The molecule has 2 rings (SSSR count). The molecule has 0 saturated heterocycles. The maximum absolute atomic E-state index is 6.10. The van der Waals surface area contributed by atoms with Crippen LogP contribution in [-0.4, -0.2) is 16.8 Å². The Morgan fingerprint density at radius 2 is 2.17 bits per heavy atom. The lowest BCUT2D eigenvalue weighted by Crippen LogP contribution is -2.22. The van der Waals surface area contributed by atoms with Crippen molar-refractivity contribution in [2.45, 2.75) is 26.4 Å². The fourth-order valence-electron chi connectivity index (χ4n) is 2.24. The van der Waals surface area contributed by atoms with Gasteiger partial charge < -0.3 is 5.32 Å². The van der Waals surface area contributed by atoms with Crippen molar-refractivity contribution in [3.8, 4) is 0 Å². The van der Waals surface area contributed by atoms with Gasteiger partial charge in [-0.05, 0) is 50.2 Å². The molecule has 2 aromatic rings. The third kappa shape index (κ3) is 2.42. The summed E-state index contributed by atoms with van der Waals surface area (Å²) >= 11 is 6.10. The van der Waals surface area contributed by atoms with Gasteiger partial charge in [0, 0.05) is 17.8 Å². The van der Waals surface area contributed by atoms with Gasteiger partial charge in [-0.15, -0.1) is 0 Å². The summed E-state index contributed by atoms with van der Waals surface area (Å²) in [4.78, 5) is 0. The highest BCUT2D eigenvalue weighted by atomic mass is 35.5. The zero-order valence-corrected chi connectivity index (χ0v) is 11.7. The van der Waals surface area contributed by atoms with Crippen molar-refractivity contribution >= 4 is 11.6 Å². The van der Waals surface area contributed by atoms with E-state index in [1.165, 1.54) is 11.1 Å². The van der Waals surface area contributed by atoms with Crippen LogP contribution in [0.4, 0.5) is 0 Å². The fraction of sp³-hybridized carbons (Fsp3) is 0.357. The molecule has 96 valence electrons. The maximum atomic E-state index is 6.10. The van der Waals surface area contributed by atoms with Crippen molar-refractivity contribution in [1.29, 1.82) is 0 Å². The minimum Gasteiger partial charge on any atom is -0.308 e. The van der Waals surface area contributed by atoms with E-state index in [9.17, 15) is 0 Å². The smallest absolute Gasteiger partial charge is 0.0748 e. The van der Waals surface area contributed by atoms with Crippen LogP contribution in [-0.2, 0) is 6.54 Å². The van der Waals surface area contributed by atoms with E-state index < -0.39 is 0 Å². The maximum Gasteiger partial charge on any atom is 0.0748 e. The van der Waals surface area contributed by atoms with E-state index in [-0.39, 0.29) is 6.04 Å². The molecule has 0 aliphatic heterocycles. The molecular weight excluding hydrogens is 246 g/mol. The van der Waals surface area contributed by atoms with E-state index in [2.05, 4.69) is 30.3 Å². The van der Waals surface area contributed by atoms with Gasteiger partial charge in [-0.25, -0.2) is 0 Å². The lowest BCUT2D eigenvalue weighted by Gasteiger charge is -2.20. The van der Waals surface area contributed by atoms with Crippen LogP contribution in [0.3, 0.4) is 0 Å². The Morgan fingerprint density at radius 3 is 2.83 bits per heavy atom. The Labute approximate surface area is 113 Å². The molecule has 0 bridgehead atoms. The molecule has 18 heavy (non-hydrogen) atoms. The fourth-order valence-corrected chi connectivity index (χ4v) is 2.42. The van der Waals surface area contributed by atoms with E-state index in [4.69, 9.17) is 11.6 Å². The van der Waals surface area contributed by atoms with Crippen LogP contribution in [0.25, 0.3) is 0 Å². The summed E-state index contributed by atoms with van der Waals surface area (Å²) in [6.45, 7) is 5.05. The van der Waals surface area contributed by atoms with Crippen molar-refractivity contribution in [1.82, 2.24) is 15.1 Å². The Kier molecular flexibility index (Phi) is 4.04. The third-order valence-corrected chi connectivity index (χ3v) is 3.42. The van der Waals surface area contributed by atoms with Gasteiger partial charge >= 0.3 is 0 Å². The van der Waals surface area contributed by atoms with Crippen molar-refractivity contribution in [2.75, 3.05) is 7.05 Å². The minimum absolute atomic E-state index is 0.117. The van der Waals surface area contributed by atoms with Crippen LogP contribution in [0.15, 0.2) is 30.5 Å². The normalized spacial score (nSPS) is 12.7. The average Bonchev–Trinajstić information content (AvgIpc) is 2.83. The van der Waals surface area contributed by atoms with Crippen LogP contribution < -0.4 is 5.32 Å². The topological polar surface area (TPSA) is 29.9 Å². The number of hydrogen-bond donors (Lipinski definition) is 1. The molecule has 1 unspecified atom stereocenters. The van der Waals surface area contributed by atoms with Crippen LogP contribution in [0.5, 0.6) is 0 Å². The van der Waals surface area contributed by atoms with Crippen molar-refractivity contribution in [3.63, 3.8) is 0 Å². The van der Waals surface area contributed by atoms with Crippen LogP contribution >= 0.6 is 11.6 Å². The largest absolute Gasteiger partial charge is 0.308 e. The lowest BCUT2D eigenvalue weighted by atomic mass is 9.99. The van der Waals surface area contributed by atoms with E-state index in [0.717, 1.165) is 17.3 Å². The molecule has 1 aromatic carbocycles. The highest BCUT2D eigenvalue weighted by Crippen LogP contribution is 2.27. The van der Waals surface area contributed by atoms with Crippen molar-refractivity contribution in [2.24, 2.45) is 0 Å². The van der Waals surface area contributed by atoms with E-state index >= 15 is 0 Å². The molecule has 0 fully saturated rings. The van der Waals surface area contributed by atoms with Crippen LogP contribution in [0.1, 0.15) is 29.8 Å². The molecule has 3 nitrogen and oxygen atoms in total. The van der Waals surface area contributed by atoms with Crippen molar-refractivity contribution in [3.05, 3.63) is 52.3 Å². The first kappa shape index (κ1) is 13.1. The summed E-state index contributed by atoms with van der Waals surface area (Å²) in [6.07, 6.45) is 1.84. The second-order valence-electron chi connectivity index (χ2n) is 4.29. The summed E-state index contributed by atoms with van der Waals surface area (Å²) in [7, 11) is 1.96. The minimum atomic E-state index is 0.117. The Bertz CT molecular complexity index is 534. The molecule has 0 saturated carbocycles. The summed E-state index contributed by atoms with van der Waals surface area (Å²) in [5.41, 5.74) is 3.58. The molecule has 0 spiro atoms. The molecule has 1 heterocycles. The monoisotopic (exact) mass is 263 g/mol. The molecule has 1 atom stereocenters. The zero-order valence-electron chi connectivity index (χ0n) is 10.9. The standard InChI is InChI=1S/C14H18ClN3/c1-4-18-13(7-8-17-18)14(16-3)12-9-11(15)6-5-10(12)2/h5-9,14,16H,4H2,1-3H3. The third-order valence-electron chi connectivity index (χ3n) is 3.19. The lowest BCUT2D eigenvalue weighted by molar-refractivity contribution is 0.562. The molecule has 0 aliphatic carbocycles. The van der Waals surface area contributed by atoms with Gasteiger partial charge in [-0.1, -0.05) is 17.7 Å². The highest BCUT2D eigenvalue weighted by Gasteiger charge is 2.18. The van der Waals surface area contributed by atoms with Gasteiger partial charge in [0.15, 0.2) is 0 Å². The number of nitrogens with zero attached hydrogens (tertiary/aromatic N) is 2. The van der Waals surface area contributed by atoms with Gasteiger partial charge in [0.05, 0.1) is 11.7 Å². The zero-order chi connectivity index (χ0) is 13.1. The first-order valence-corrected chi connectivity index (χ1v) is 6.50. The quantitative estimate of drug-likeness (QED) is 0.918. The first-order chi connectivity index (χ1) is 8.67. The second-order valence-corrected chi connectivity index (χ2v) is 4.73. The molecule has 4 heteroatoms. The SMILES string of the molecule is CCn1nccc1C(NC)c1cc(Cl)ccc1C. The van der Waals surface area contributed by atoms with Gasteiger partial charge in [-0.2, -0.15) is 5.10 Å². The van der Waals surface area contributed by atoms with Crippen molar-refractivity contribution < 1.29 is 0 Å². The van der Waals surface area contributed by atoms with E-state index in [0.29, 0.717) is 0 Å². The average molecular weight is 264 g/mol. The Morgan fingerprint density at radius 1 is 1.39 bits per heavy atom. The second kappa shape index (κ2) is 5.55. The number of rotatable bonds is 4. The number of aryl methyl sites for hydroxylation is 2. The molecule has 0 radical (unpaired) electrons. The number of aromatic nitrogens is 2.